The fourth-order valence-electron chi connectivity index (χ4n) is 1.35. The summed E-state index contributed by atoms with van der Waals surface area (Å²) < 4.78 is 5.22. The first-order chi connectivity index (χ1) is 7.98. The molecular formula is C11H21N5O. The zero-order valence-corrected chi connectivity index (χ0v) is 10.9. The highest BCUT2D eigenvalue weighted by Gasteiger charge is 2.13. The molecule has 4 N–H and O–H groups in total. The molecule has 0 aliphatic rings. The van der Waals surface area contributed by atoms with E-state index < -0.39 is 0 Å². The van der Waals surface area contributed by atoms with E-state index in [1.54, 1.807) is 7.11 Å². The van der Waals surface area contributed by atoms with Crippen molar-refractivity contribution in [2.24, 2.45) is 11.3 Å². The second-order valence-electron chi connectivity index (χ2n) is 4.99. The Balaban J connectivity index is 2.70. The van der Waals surface area contributed by atoms with E-state index in [-0.39, 0.29) is 5.41 Å². The molecule has 96 valence electrons. The Bertz CT molecular complexity index is 361. The van der Waals surface area contributed by atoms with Gasteiger partial charge in [0.05, 0.1) is 7.11 Å². The number of rotatable bonds is 5. The summed E-state index contributed by atoms with van der Waals surface area (Å²) in [5, 5.41) is 3.22. The van der Waals surface area contributed by atoms with Gasteiger partial charge in [-0.15, -0.1) is 0 Å². The maximum Gasteiger partial charge on any atom is 0.205 e. The molecule has 0 amide bonds. The van der Waals surface area contributed by atoms with E-state index in [1.165, 1.54) is 6.33 Å². The summed E-state index contributed by atoms with van der Waals surface area (Å²) in [6, 6.07) is 0. The molecule has 0 aliphatic carbocycles. The van der Waals surface area contributed by atoms with E-state index >= 15 is 0 Å². The molecular weight excluding hydrogens is 218 g/mol. The SMILES string of the molecule is COc1c(NN)ncnc1NCCC(C)(C)C. The highest BCUT2D eigenvalue weighted by Crippen LogP contribution is 2.28. The summed E-state index contributed by atoms with van der Waals surface area (Å²) in [7, 11) is 1.56. The van der Waals surface area contributed by atoms with E-state index in [0.29, 0.717) is 17.4 Å². The molecule has 1 aromatic rings. The molecule has 0 bridgehead atoms. The monoisotopic (exact) mass is 239 g/mol. The van der Waals surface area contributed by atoms with Crippen molar-refractivity contribution in [3.05, 3.63) is 6.33 Å². The molecule has 6 nitrogen and oxygen atoms in total. The van der Waals surface area contributed by atoms with Gasteiger partial charge in [0.25, 0.3) is 0 Å². The number of nitrogens with one attached hydrogen (secondary N) is 2. The van der Waals surface area contributed by atoms with Crippen molar-refractivity contribution in [1.82, 2.24) is 9.97 Å². The summed E-state index contributed by atoms with van der Waals surface area (Å²) in [5.41, 5.74) is 2.76. The van der Waals surface area contributed by atoms with Crippen molar-refractivity contribution in [2.45, 2.75) is 27.2 Å². The second kappa shape index (κ2) is 5.67. The maximum atomic E-state index is 5.34. The normalized spacial score (nSPS) is 11.1. The predicted molar refractivity (Wildman–Crippen MR) is 69.0 cm³/mol. The van der Waals surface area contributed by atoms with Gasteiger partial charge >= 0.3 is 0 Å². The van der Waals surface area contributed by atoms with Crippen molar-refractivity contribution in [1.29, 1.82) is 0 Å². The molecule has 0 aliphatic heterocycles. The summed E-state index contributed by atoms with van der Waals surface area (Å²) in [6.07, 6.45) is 2.47. The van der Waals surface area contributed by atoms with Crippen LogP contribution in [-0.2, 0) is 0 Å². The summed E-state index contributed by atoms with van der Waals surface area (Å²) in [5.74, 6) is 7.00. The van der Waals surface area contributed by atoms with Gasteiger partial charge in [-0.25, -0.2) is 15.8 Å². The fourth-order valence-corrected chi connectivity index (χ4v) is 1.35. The highest BCUT2D eigenvalue weighted by atomic mass is 16.5. The minimum absolute atomic E-state index is 0.280. The van der Waals surface area contributed by atoms with Gasteiger partial charge in [0.2, 0.25) is 5.75 Å². The number of nitrogens with zero attached hydrogens (tertiary/aromatic N) is 2. The first-order valence-electron chi connectivity index (χ1n) is 5.57. The molecule has 0 saturated carbocycles. The lowest BCUT2D eigenvalue weighted by Gasteiger charge is -2.19. The molecule has 1 aromatic heterocycles. The van der Waals surface area contributed by atoms with Crippen molar-refractivity contribution < 1.29 is 4.74 Å². The Hall–Kier alpha value is -1.56. The number of hydrogen-bond acceptors (Lipinski definition) is 6. The van der Waals surface area contributed by atoms with Crippen molar-refractivity contribution in [3.8, 4) is 5.75 Å². The van der Waals surface area contributed by atoms with E-state index in [1.807, 2.05) is 0 Å². The van der Waals surface area contributed by atoms with Crippen LogP contribution in [0.2, 0.25) is 0 Å². The number of ether oxygens (including phenoxy) is 1. The molecule has 0 unspecified atom stereocenters. The lowest BCUT2D eigenvalue weighted by atomic mass is 9.92. The van der Waals surface area contributed by atoms with Crippen LogP contribution in [0.25, 0.3) is 0 Å². The Morgan fingerprint density at radius 2 is 1.94 bits per heavy atom. The molecule has 0 radical (unpaired) electrons. The van der Waals surface area contributed by atoms with Crippen LogP contribution in [0.15, 0.2) is 6.33 Å². The van der Waals surface area contributed by atoms with Gasteiger partial charge < -0.3 is 15.5 Å². The van der Waals surface area contributed by atoms with Gasteiger partial charge in [0, 0.05) is 6.54 Å². The van der Waals surface area contributed by atoms with Crippen LogP contribution in [0.3, 0.4) is 0 Å². The smallest absolute Gasteiger partial charge is 0.205 e. The van der Waals surface area contributed by atoms with Gasteiger partial charge in [-0.3, -0.25) is 0 Å². The van der Waals surface area contributed by atoms with Crippen LogP contribution >= 0.6 is 0 Å². The number of hydrogen-bond donors (Lipinski definition) is 3. The molecule has 1 rings (SSSR count). The summed E-state index contributed by atoms with van der Waals surface area (Å²) >= 11 is 0. The van der Waals surface area contributed by atoms with E-state index in [9.17, 15) is 0 Å². The van der Waals surface area contributed by atoms with Gasteiger partial charge in [0.1, 0.15) is 6.33 Å². The first-order valence-corrected chi connectivity index (χ1v) is 5.57. The van der Waals surface area contributed by atoms with Crippen molar-refractivity contribution >= 4 is 11.6 Å². The van der Waals surface area contributed by atoms with Gasteiger partial charge in [-0.1, -0.05) is 20.8 Å². The molecule has 1 heterocycles. The molecule has 6 heteroatoms. The lowest BCUT2D eigenvalue weighted by molar-refractivity contribution is 0.388. The molecule has 0 aromatic carbocycles. The predicted octanol–water partition coefficient (Wildman–Crippen LogP) is 1.62. The molecule has 0 fully saturated rings. The first kappa shape index (κ1) is 13.5. The summed E-state index contributed by atoms with van der Waals surface area (Å²) in [4.78, 5) is 8.11. The second-order valence-corrected chi connectivity index (χ2v) is 4.99. The van der Waals surface area contributed by atoms with Crippen molar-refractivity contribution in [3.63, 3.8) is 0 Å². The average Bonchev–Trinajstić information content (AvgIpc) is 2.27. The van der Waals surface area contributed by atoms with E-state index in [4.69, 9.17) is 10.6 Å². The van der Waals surface area contributed by atoms with Crippen LogP contribution in [0, 0.1) is 5.41 Å². The number of anilines is 2. The van der Waals surface area contributed by atoms with Crippen LogP contribution in [0.4, 0.5) is 11.6 Å². The minimum Gasteiger partial charge on any atom is -0.490 e. The zero-order chi connectivity index (χ0) is 12.9. The molecule has 0 atom stereocenters. The Morgan fingerprint density at radius 3 is 2.47 bits per heavy atom. The maximum absolute atomic E-state index is 5.34. The van der Waals surface area contributed by atoms with Gasteiger partial charge in [-0.2, -0.15) is 0 Å². The number of nitrogens with two attached hydrogens (primary N) is 1. The van der Waals surface area contributed by atoms with Crippen molar-refractivity contribution in [2.75, 3.05) is 24.4 Å². The van der Waals surface area contributed by atoms with E-state index in [2.05, 4.69) is 41.5 Å². The lowest BCUT2D eigenvalue weighted by Crippen LogP contribution is -2.15. The topological polar surface area (TPSA) is 85.1 Å². The zero-order valence-electron chi connectivity index (χ0n) is 10.9. The quantitative estimate of drug-likeness (QED) is 0.535. The fraction of sp³-hybridized carbons (Fsp3) is 0.636. The van der Waals surface area contributed by atoms with Gasteiger partial charge in [-0.05, 0) is 11.8 Å². The Labute approximate surface area is 102 Å². The van der Waals surface area contributed by atoms with Gasteiger partial charge in [0.15, 0.2) is 11.6 Å². The van der Waals surface area contributed by atoms with Crippen LogP contribution in [0.5, 0.6) is 5.75 Å². The molecule has 0 saturated heterocycles. The Morgan fingerprint density at radius 1 is 1.29 bits per heavy atom. The average molecular weight is 239 g/mol. The third-order valence-corrected chi connectivity index (χ3v) is 2.31. The summed E-state index contributed by atoms with van der Waals surface area (Å²) in [6.45, 7) is 7.40. The highest BCUT2D eigenvalue weighted by molar-refractivity contribution is 5.62. The molecule has 0 spiro atoms. The largest absolute Gasteiger partial charge is 0.490 e. The number of aromatic nitrogens is 2. The van der Waals surface area contributed by atoms with E-state index in [0.717, 1.165) is 13.0 Å². The number of nitrogen functional groups attached to an aromatic ring is 1. The standard InChI is InChI=1S/C11H21N5O/c1-11(2,3)5-6-13-9-8(17-4)10(16-12)15-7-14-9/h7H,5-6,12H2,1-4H3,(H2,13,14,15,16). The van der Waals surface area contributed by atoms with Crippen LogP contribution in [-0.4, -0.2) is 23.6 Å². The minimum atomic E-state index is 0.280. The number of methoxy groups -OCH3 is 1. The third kappa shape index (κ3) is 4.07. The third-order valence-electron chi connectivity index (χ3n) is 2.31. The van der Waals surface area contributed by atoms with Crippen LogP contribution in [0.1, 0.15) is 27.2 Å². The van der Waals surface area contributed by atoms with Crippen LogP contribution < -0.4 is 21.3 Å². The number of hydrazine groups is 1. The molecule has 17 heavy (non-hydrogen) atoms. The Kier molecular flexibility index (Phi) is 4.51.